The molecule has 220 valence electrons. The summed E-state index contributed by atoms with van der Waals surface area (Å²) in [4.78, 5) is 3.47. The van der Waals surface area contributed by atoms with Crippen molar-refractivity contribution in [1.29, 1.82) is 0 Å². The van der Waals surface area contributed by atoms with Gasteiger partial charge in [0.1, 0.15) is 0 Å². The fourth-order valence-electron chi connectivity index (χ4n) is 1.57. The Hall–Kier alpha value is -0.845. The minimum absolute atomic E-state index is 1.73. The standard InChI is InChI=1S/2C4F11N2O.Hg/c2*5-1(6,7)16-4(14,15)18-17(2(8,9)10)3(11,12)13;/q2*-1;+2. The van der Waals surface area contributed by atoms with Crippen LogP contribution in [-0.4, -0.2) is 65.7 Å². The average Bonchev–Trinajstić information content (AvgIpc) is 2.51. The summed E-state index contributed by atoms with van der Waals surface area (Å²) in [5.74, 6) is 0. The van der Waals surface area contributed by atoms with E-state index in [0.29, 0.717) is 0 Å². The van der Waals surface area contributed by atoms with Gasteiger partial charge in [0.15, 0.2) is 0 Å². The molecule has 0 saturated carbocycles. The normalized spacial score (nSPS) is 15.8. The third kappa shape index (κ3) is 10.3. The predicted molar refractivity (Wildman–Crippen MR) is 55.7 cm³/mol. The molecule has 0 rings (SSSR count). The fraction of sp³-hybridized carbons (Fsp3) is 1.00. The van der Waals surface area contributed by atoms with Crippen LogP contribution in [0.2, 0.25) is 0 Å². The van der Waals surface area contributed by atoms with E-state index in [-0.39, 0.29) is 0 Å². The number of hydrogen-bond donors (Lipinski definition) is 0. The van der Waals surface area contributed by atoms with Gasteiger partial charge in [-0.2, -0.15) is 0 Å². The van der Waals surface area contributed by atoms with Gasteiger partial charge in [-0.05, 0) is 0 Å². The first-order valence-corrected chi connectivity index (χ1v) is 12.3. The summed E-state index contributed by atoms with van der Waals surface area (Å²) in [6.07, 6.45) is -58.3. The molecule has 37 heavy (non-hydrogen) atoms. The molecule has 0 fully saturated rings. The molecule has 0 amide bonds. The topological polar surface area (TPSA) is 31.4 Å². The van der Waals surface area contributed by atoms with Crippen LogP contribution >= 0.6 is 0 Å². The van der Waals surface area contributed by atoms with Crippen molar-refractivity contribution in [2.45, 2.75) is 50.3 Å². The van der Waals surface area contributed by atoms with Gasteiger partial charge < -0.3 is 0 Å². The zero-order valence-electron chi connectivity index (χ0n) is 15.6. The summed E-state index contributed by atoms with van der Waals surface area (Å²) in [6, 6.07) is 0. The van der Waals surface area contributed by atoms with Crippen molar-refractivity contribution in [3.8, 4) is 0 Å². The van der Waals surface area contributed by atoms with Crippen molar-refractivity contribution in [3.05, 3.63) is 0 Å². The molecule has 0 aromatic heterocycles. The number of rotatable bonds is 8. The molecule has 6 nitrogen and oxygen atoms in total. The van der Waals surface area contributed by atoms with E-state index < -0.39 is 90.9 Å². The van der Waals surface area contributed by atoms with Crippen molar-refractivity contribution in [2.75, 3.05) is 0 Å². The molecule has 0 aliphatic rings. The van der Waals surface area contributed by atoms with Crippen LogP contribution in [0.25, 0.3) is 0 Å². The maximum absolute atomic E-state index is 13.6. The second-order valence-electron chi connectivity index (χ2n) is 5.55. The van der Waals surface area contributed by atoms with Crippen molar-refractivity contribution in [3.63, 3.8) is 0 Å². The van der Waals surface area contributed by atoms with E-state index in [1.807, 2.05) is 0 Å². The van der Waals surface area contributed by atoms with E-state index in [2.05, 4.69) is 0 Å². The first-order valence-electron chi connectivity index (χ1n) is 7.35. The molecule has 0 aromatic rings. The first kappa shape index (κ1) is 36.2. The SMILES string of the molecule is FC(F)(F)N(OC(F)(F)[N]([Hg][N](C(F)(F)F)C(F)(F)ON(C(F)(F)F)C(F)(F)F)C(F)(F)F)C(F)(F)F. The molecule has 29 heteroatoms. The van der Waals surface area contributed by atoms with Gasteiger partial charge in [0.05, 0.1) is 0 Å². The number of hydrogen-bond acceptors (Lipinski definition) is 6. The Morgan fingerprint density at radius 2 is 0.514 bits per heavy atom. The van der Waals surface area contributed by atoms with Crippen LogP contribution in [0.4, 0.5) is 96.6 Å². The fourth-order valence-corrected chi connectivity index (χ4v) is 5.65. The van der Waals surface area contributed by atoms with Crippen molar-refractivity contribution >= 4 is 0 Å². The monoisotopic (exact) mass is 804 g/mol. The van der Waals surface area contributed by atoms with Gasteiger partial charge in [-0.15, -0.1) is 0 Å². The van der Waals surface area contributed by atoms with Crippen molar-refractivity contribution < 1.29 is 131 Å². The van der Waals surface area contributed by atoms with Crippen LogP contribution < -0.4 is 0 Å². The van der Waals surface area contributed by atoms with E-state index >= 15 is 0 Å². The van der Waals surface area contributed by atoms with Crippen LogP contribution in [0, 0.1) is 0 Å². The summed E-state index contributed by atoms with van der Waals surface area (Å²) in [6.45, 7) is 0. The number of alkyl halides is 22. The van der Waals surface area contributed by atoms with Gasteiger partial charge in [0.25, 0.3) is 0 Å². The van der Waals surface area contributed by atoms with Gasteiger partial charge in [0.2, 0.25) is 0 Å². The molecular formula is C8F22HgN4O2. The maximum atomic E-state index is 13.6. The second-order valence-corrected chi connectivity index (χ2v) is 11.6. The Morgan fingerprint density at radius 1 is 0.324 bits per heavy atom. The predicted octanol–water partition coefficient (Wildman–Crippen LogP) is 6.19. The Morgan fingerprint density at radius 3 is 0.649 bits per heavy atom. The van der Waals surface area contributed by atoms with Gasteiger partial charge in [-0.3, -0.25) is 0 Å². The molecule has 0 N–H and O–H groups in total. The van der Waals surface area contributed by atoms with E-state index in [4.69, 9.17) is 0 Å². The summed E-state index contributed by atoms with van der Waals surface area (Å²) >= 11 is -7.34. The van der Waals surface area contributed by atoms with E-state index in [0.717, 1.165) is 0 Å². The third-order valence-corrected chi connectivity index (χ3v) is 10.7. The molecule has 0 spiro atoms. The zero-order valence-corrected chi connectivity index (χ0v) is 21.1. The van der Waals surface area contributed by atoms with Crippen LogP contribution in [0.15, 0.2) is 0 Å². The summed E-state index contributed by atoms with van der Waals surface area (Å²) < 4.78 is 271. The van der Waals surface area contributed by atoms with Crippen LogP contribution in [0.5, 0.6) is 0 Å². The third-order valence-electron chi connectivity index (χ3n) is 2.85. The molecular weight excluding hydrogens is 803 g/mol. The van der Waals surface area contributed by atoms with E-state index in [9.17, 15) is 96.6 Å². The van der Waals surface area contributed by atoms with Crippen LogP contribution in [0.3, 0.4) is 0 Å². The molecule has 0 atom stereocenters. The van der Waals surface area contributed by atoms with Gasteiger partial charge in [-0.1, -0.05) is 0 Å². The van der Waals surface area contributed by atoms with Gasteiger partial charge in [-0.25, -0.2) is 0 Å². The molecule has 0 aliphatic carbocycles. The minimum atomic E-state index is -7.34. The Bertz CT molecular complexity index is 659. The average molecular weight is 803 g/mol. The Kier molecular flexibility index (Phi) is 10.4. The molecule has 0 unspecified atom stereocenters. The quantitative estimate of drug-likeness (QED) is 0.0959. The molecule has 0 saturated heterocycles. The zero-order chi connectivity index (χ0) is 30.4. The molecule has 0 heterocycles. The van der Waals surface area contributed by atoms with Crippen molar-refractivity contribution in [1.82, 2.24) is 15.5 Å². The van der Waals surface area contributed by atoms with E-state index in [1.54, 1.807) is 9.68 Å². The van der Waals surface area contributed by atoms with Gasteiger partial charge in [0, 0.05) is 0 Å². The first-order chi connectivity index (χ1) is 15.6. The summed E-state index contributed by atoms with van der Waals surface area (Å²) in [5.41, 5.74) is 0. The summed E-state index contributed by atoms with van der Waals surface area (Å²) in [5, 5.41) is -7.65. The summed E-state index contributed by atoms with van der Waals surface area (Å²) in [7, 11) is 0. The van der Waals surface area contributed by atoms with Crippen molar-refractivity contribution in [2.24, 2.45) is 0 Å². The molecule has 0 bridgehead atoms. The number of halogens is 22. The number of nitrogens with zero attached hydrogens (tertiary/aromatic N) is 4. The van der Waals surface area contributed by atoms with E-state index in [1.165, 1.54) is 0 Å². The molecule has 0 aliphatic heterocycles. The Labute approximate surface area is 198 Å². The number of hydroxylamine groups is 4. The molecule has 0 aromatic carbocycles. The van der Waals surface area contributed by atoms with Crippen LogP contribution in [0.1, 0.15) is 0 Å². The molecule has 0 radical (unpaired) electrons. The van der Waals surface area contributed by atoms with Gasteiger partial charge >= 0.3 is 197 Å². The second kappa shape index (κ2) is 10.6. The Balaban J connectivity index is 6.67. The van der Waals surface area contributed by atoms with Crippen LogP contribution in [-0.2, 0) is 34.9 Å².